The third-order valence-electron chi connectivity index (χ3n) is 4.86. The summed E-state index contributed by atoms with van der Waals surface area (Å²) in [5.74, 6) is 0.819. The van der Waals surface area contributed by atoms with Gasteiger partial charge in [0, 0.05) is 51.7 Å². The zero-order chi connectivity index (χ0) is 20.5. The van der Waals surface area contributed by atoms with E-state index in [1.54, 1.807) is 12.1 Å². The second kappa shape index (κ2) is 10.9. The van der Waals surface area contributed by atoms with E-state index in [1.807, 2.05) is 43.7 Å². The number of rotatable bonds is 8. The minimum Gasteiger partial charge on any atom is -0.372 e. The molecule has 6 nitrogen and oxygen atoms in total. The Balaban J connectivity index is 1.81. The Hall–Kier alpha value is -2.31. The Morgan fingerprint density at radius 3 is 2.82 bits per heavy atom. The number of nitrogens with zero attached hydrogens (tertiary/aromatic N) is 3. The molecule has 1 saturated heterocycles. The SMILES string of the molecule is CCNC(=NCCCN(C)c1ccccc1F)NC1CCN(C(=O)C(C)C)C1. The molecule has 0 radical (unpaired) electrons. The summed E-state index contributed by atoms with van der Waals surface area (Å²) < 4.78 is 13.8. The Kier molecular flexibility index (Phi) is 8.54. The van der Waals surface area contributed by atoms with Crippen LogP contribution in [0.4, 0.5) is 10.1 Å². The van der Waals surface area contributed by atoms with Crippen LogP contribution in [0.3, 0.4) is 0 Å². The van der Waals surface area contributed by atoms with Gasteiger partial charge in [0.25, 0.3) is 0 Å². The molecule has 28 heavy (non-hydrogen) atoms. The number of carbonyl (C=O) groups is 1. The number of benzene rings is 1. The molecule has 7 heteroatoms. The Morgan fingerprint density at radius 2 is 2.14 bits per heavy atom. The van der Waals surface area contributed by atoms with E-state index in [0.717, 1.165) is 45.0 Å². The number of anilines is 1. The van der Waals surface area contributed by atoms with Gasteiger partial charge in [-0.2, -0.15) is 0 Å². The number of guanidine groups is 1. The zero-order valence-electron chi connectivity index (χ0n) is 17.5. The van der Waals surface area contributed by atoms with Crippen molar-refractivity contribution in [2.24, 2.45) is 10.9 Å². The van der Waals surface area contributed by atoms with Gasteiger partial charge in [-0.25, -0.2) is 4.39 Å². The van der Waals surface area contributed by atoms with Gasteiger partial charge in [-0.15, -0.1) is 0 Å². The lowest BCUT2D eigenvalue weighted by Gasteiger charge is -2.21. The summed E-state index contributed by atoms with van der Waals surface area (Å²) in [6, 6.07) is 7.03. The van der Waals surface area contributed by atoms with Gasteiger partial charge in [-0.05, 0) is 31.9 Å². The lowest BCUT2D eigenvalue weighted by atomic mass is 10.2. The molecule has 1 aliphatic rings. The first-order chi connectivity index (χ1) is 13.4. The van der Waals surface area contributed by atoms with E-state index in [4.69, 9.17) is 0 Å². The van der Waals surface area contributed by atoms with Crippen molar-refractivity contribution < 1.29 is 9.18 Å². The van der Waals surface area contributed by atoms with Crippen molar-refractivity contribution >= 4 is 17.6 Å². The second-order valence-electron chi connectivity index (χ2n) is 7.56. The minimum atomic E-state index is -0.203. The standard InChI is InChI=1S/C21H34FN5O/c1-5-23-21(25-17-11-14-27(15-17)20(28)16(2)3)24-12-8-13-26(4)19-10-7-6-9-18(19)22/h6-7,9-10,16-17H,5,8,11-15H2,1-4H3,(H2,23,24,25). The summed E-state index contributed by atoms with van der Waals surface area (Å²) in [5, 5.41) is 6.71. The lowest BCUT2D eigenvalue weighted by molar-refractivity contribution is -0.133. The third-order valence-corrected chi connectivity index (χ3v) is 4.86. The lowest BCUT2D eigenvalue weighted by Crippen LogP contribution is -2.45. The zero-order valence-corrected chi connectivity index (χ0v) is 17.5. The van der Waals surface area contributed by atoms with Crippen molar-refractivity contribution in [3.63, 3.8) is 0 Å². The number of hydrogen-bond acceptors (Lipinski definition) is 3. The average Bonchev–Trinajstić information content (AvgIpc) is 3.13. The van der Waals surface area contributed by atoms with Crippen LogP contribution < -0.4 is 15.5 Å². The highest BCUT2D eigenvalue weighted by atomic mass is 19.1. The molecule has 0 aromatic heterocycles. The average molecular weight is 392 g/mol. The number of likely N-dealkylation sites (tertiary alicyclic amines) is 1. The molecule has 1 atom stereocenters. The third kappa shape index (κ3) is 6.39. The summed E-state index contributed by atoms with van der Waals surface area (Å²) in [6.07, 6.45) is 1.75. The van der Waals surface area contributed by atoms with Gasteiger partial charge in [-0.1, -0.05) is 26.0 Å². The fraction of sp³-hybridized carbons (Fsp3) is 0.619. The maximum Gasteiger partial charge on any atom is 0.225 e. The predicted octanol–water partition coefficient (Wildman–Crippen LogP) is 2.46. The number of carbonyl (C=O) groups excluding carboxylic acids is 1. The maximum atomic E-state index is 13.8. The normalized spacial score (nSPS) is 17.1. The van der Waals surface area contributed by atoms with Crippen LogP contribution in [0.1, 0.15) is 33.6 Å². The van der Waals surface area contributed by atoms with Crippen molar-refractivity contribution in [3.8, 4) is 0 Å². The van der Waals surface area contributed by atoms with Crippen molar-refractivity contribution in [1.82, 2.24) is 15.5 Å². The molecule has 156 valence electrons. The first kappa shape index (κ1) is 22.0. The van der Waals surface area contributed by atoms with Crippen LogP contribution in [-0.4, -0.2) is 62.6 Å². The van der Waals surface area contributed by atoms with Crippen LogP contribution in [0.2, 0.25) is 0 Å². The van der Waals surface area contributed by atoms with E-state index in [9.17, 15) is 9.18 Å². The minimum absolute atomic E-state index is 0.0343. The van der Waals surface area contributed by atoms with Crippen molar-refractivity contribution in [1.29, 1.82) is 0 Å². The topological polar surface area (TPSA) is 60.0 Å². The number of nitrogens with one attached hydrogen (secondary N) is 2. The highest BCUT2D eigenvalue weighted by Gasteiger charge is 2.27. The molecule has 0 saturated carbocycles. The molecule has 0 spiro atoms. The summed E-state index contributed by atoms with van der Waals surface area (Å²) >= 11 is 0. The molecular weight excluding hydrogens is 357 g/mol. The fourth-order valence-electron chi connectivity index (χ4n) is 3.34. The highest BCUT2D eigenvalue weighted by molar-refractivity contribution is 5.81. The van der Waals surface area contributed by atoms with Crippen molar-refractivity contribution in [2.45, 2.75) is 39.7 Å². The van der Waals surface area contributed by atoms with E-state index >= 15 is 0 Å². The van der Waals surface area contributed by atoms with Crippen LogP contribution in [0.15, 0.2) is 29.3 Å². The van der Waals surface area contributed by atoms with Crippen LogP contribution in [0.25, 0.3) is 0 Å². The highest BCUT2D eigenvalue weighted by Crippen LogP contribution is 2.17. The van der Waals surface area contributed by atoms with Gasteiger partial charge in [0.2, 0.25) is 5.91 Å². The maximum absolute atomic E-state index is 13.8. The van der Waals surface area contributed by atoms with Crippen LogP contribution in [0, 0.1) is 11.7 Å². The van der Waals surface area contributed by atoms with E-state index in [-0.39, 0.29) is 23.7 Å². The van der Waals surface area contributed by atoms with Crippen LogP contribution >= 0.6 is 0 Å². The molecule has 1 amide bonds. The number of halogens is 1. The van der Waals surface area contributed by atoms with E-state index in [0.29, 0.717) is 12.2 Å². The molecule has 1 aromatic carbocycles. The molecule has 1 aliphatic heterocycles. The number of hydrogen-bond donors (Lipinski definition) is 2. The fourth-order valence-corrected chi connectivity index (χ4v) is 3.34. The molecule has 2 rings (SSSR count). The molecule has 0 bridgehead atoms. The van der Waals surface area contributed by atoms with E-state index in [2.05, 4.69) is 15.6 Å². The van der Waals surface area contributed by atoms with Gasteiger partial charge in [0.1, 0.15) is 5.82 Å². The molecule has 1 unspecified atom stereocenters. The van der Waals surface area contributed by atoms with Gasteiger partial charge in [-0.3, -0.25) is 9.79 Å². The monoisotopic (exact) mass is 391 g/mol. The number of aliphatic imine (C=N–C) groups is 1. The molecule has 0 aliphatic carbocycles. The van der Waals surface area contributed by atoms with E-state index in [1.165, 1.54) is 6.07 Å². The van der Waals surface area contributed by atoms with Gasteiger partial charge in [0.05, 0.1) is 5.69 Å². The Labute approximate surface area is 168 Å². The molecular formula is C21H34FN5O. The second-order valence-corrected chi connectivity index (χ2v) is 7.56. The first-order valence-corrected chi connectivity index (χ1v) is 10.2. The first-order valence-electron chi connectivity index (χ1n) is 10.2. The Bertz CT molecular complexity index is 664. The van der Waals surface area contributed by atoms with Crippen LogP contribution in [-0.2, 0) is 4.79 Å². The summed E-state index contributed by atoms with van der Waals surface area (Å²) in [6.45, 7) is 9.58. The summed E-state index contributed by atoms with van der Waals surface area (Å²) in [5.41, 5.74) is 0.609. The molecule has 1 fully saturated rings. The van der Waals surface area contributed by atoms with Gasteiger partial charge in [0.15, 0.2) is 5.96 Å². The van der Waals surface area contributed by atoms with Crippen molar-refractivity contribution in [2.75, 3.05) is 44.7 Å². The number of amides is 1. The summed E-state index contributed by atoms with van der Waals surface area (Å²) in [7, 11) is 1.89. The number of para-hydroxylation sites is 1. The van der Waals surface area contributed by atoms with Crippen molar-refractivity contribution in [3.05, 3.63) is 30.1 Å². The Morgan fingerprint density at radius 1 is 1.39 bits per heavy atom. The van der Waals surface area contributed by atoms with E-state index < -0.39 is 0 Å². The quantitative estimate of drug-likeness (QED) is 0.406. The van der Waals surface area contributed by atoms with Gasteiger partial charge < -0.3 is 20.4 Å². The smallest absolute Gasteiger partial charge is 0.225 e. The largest absolute Gasteiger partial charge is 0.372 e. The summed E-state index contributed by atoms with van der Waals surface area (Å²) in [4.78, 5) is 20.6. The van der Waals surface area contributed by atoms with Gasteiger partial charge >= 0.3 is 0 Å². The van der Waals surface area contributed by atoms with Crippen LogP contribution in [0.5, 0.6) is 0 Å². The molecule has 1 heterocycles. The molecule has 1 aromatic rings. The molecule has 2 N–H and O–H groups in total. The predicted molar refractivity (Wildman–Crippen MR) is 113 cm³/mol.